The van der Waals surface area contributed by atoms with Gasteiger partial charge in [-0.05, 0) is 87.1 Å². The molecule has 0 unspecified atom stereocenters. The minimum atomic E-state index is -0.117. The first-order valence-corrected chi connectivity index (χ1v) is 21.5. The zero-order valence-electron chi connectivity index (χ0n) is 34.7. The first kappa shape index (κ1) is 35.6. The van der Waals surface area contributed by atoms with Crippen LogP contribution in [0.15, 0.2) is 199 Å². The molecule has 0 saturated heterocycles. The van der Waals surface area contributed by atoms with E-state index in [-0.39, 0.29) is 5.41 Å². The SMILES string of the molecule is CC1(C)c2ccccc2-c2ccc(-c3cccc4c5cc6ccccc6cc5n(-c5cccc(-c6nc(-c7ccccc7)nc(-c7ccc8c(c7)oc7ccccc78)n6)c5)c34)cc21. The summed E-state index contributed by atoms with van der Waals surface area (Å²) in [6.45, 7) is 4.70. The van der Waals surface area contributed by atoms with E-state index >= 15 is 0 Å². The zero-order valence-corrected chi connectivity index (χ0v) is 34.7. The lowest BCUT2D eigenvalue weighted by atomic mass is 9.81. The Hall–Kier alpha value is -8.15. The Morgan fingerprint density at radius 1 is 0.397 bits per heavy atom. The largest absolute Gasteiger partial charge is 0.456 e. The highest BCUT2D eigenvalue weighted by Gasteiger charge is 2.35. The summed E-state index contributed by atoms with van der Waals surface area (Å²) < 4.78 is 8.76. The maximum absolute atomic E-state index is 6.31. The second kappa shape index (κ2) is 13.4. The Balaban J connectivity index is 1.02. The number of nitrogens with zero attached hydrogens (tertiary/aromatic N) is 4. The van der Waals surface area contributed by atoms with E-state index in [0.29, 0.717) is 17.5 Å². The molecular formula is C58H38N4O. The number of aromatic nitrogens is 4. The summed E-state index contributed by atoms with van der Waals surface area (Å²) in [5.74, 6) is 1.79. The summed E-state index contributed by atoms with van der Waals surface area (Å²) in [6.07, 6.45) is 0. The standard InChI is InChI=1S/C58H38N4O/c1-58(2)49-24-10-8-20-43(49)44-28-26-38(32-50(44)58)42-22-13-23-47-48-31-36-16-6-7-17-37(36)33-51(48)62(54(42)47)41-19-12-18-39(30-41)56-59-55(35-14-4-3-5-15-35)60-57(61-56)40-27-29-46-45-21-9-11-25-52(45)63-53(46)34-40/h3-34H,1-2H3. The van der Waals surface area contributed by atoms with Crippen LogP contribution in [0.25, 0.3) is 117 Å². The third-order valence-corrected chi connectivity index (χ3v) is 13.2. The van der Waals surface area contributed by atoms with Crippen molar-refractivity contribution in [3.63, 3.8) is 0 Å². The summed E-state index contributed by atoms with van der Waals surface area (Å²) in [7, 11) is 0. The number of hydrogen-bond acceptors (Lipinski definition) is 4. The van der Waals surface area contributed by atoms with Crippen LogP contribution in [0, 0.1) is 0 Å². The van der Waals surface area contributed by atoms with E-state index in [4.69, 9.17) is 19.4 Å². The molecule has 3 heterocycles. The number of furan rings is 1. The Morgan fingerprint density at radius 3 is 1.87 bits per heavy atom. The van der Waals surface area contributed by atoms with Gasteiger partial charge in [0, 0.05) is 54.9 Å². The minimum Gasteiger partial charge on any atom is -0.456 e. The van der Waals surface area contributed by atoms with Crippen LogP contribution < -0.4 is 0 Å². The molecule has 1 aliphatic carbocycles. The molecule has 1 aliphatic rings. The van der Waals surface area contributed by atoms with Crippen molar-refractivity contribution in [1.82, 2.24) is 19.5 Å². The Labute approximate surface area is 363 Å². The summed E-state index contributed by atoms with van der Waals surface area (Å²) in [5, 5.41) is 6.97. The molecule has 0 saturated carbocycles. The van der Waals surface area contributed by atoms with Gasteiger partial charge in [0.2, 0.25) is 0 Å². The van der Waals surface area contributed by atoms with Gasteiger partial charge in [-0.3, -0.25) is 0 Å². The van der Waals surface area contributed by atoms with E-state index in [2.05, 4.69) is 158 Å². The van der Waals surface area contributed by atoms with Crippen LogP contribution in [-0.4, -0.2) is 19.5 Å². The smallest absolute Gasteiger partial charge is 0.164 e. The number of fused-ring (bicyclic) bond motifs is 10. The molecule has 0 aliphatic heterocycles. The zero-order chi connectivity index (χ0) is 41.8. The molecule has 63 heavy (non-hydrogen) atoms. The molecule has 3 aromatic heterocycles. The van der Waals surface area contributed by atoms with Crippen LogP contribution in [0.4, 0.5) is 0 Å². The fourth-order valence-corrected chi connectivity index (χ4v) is 10.1. The highest BCUT2D eigenvalue weighted by Crippen LogP contribution is 2.50. The van der Waals surface area contributed by atoms with Gasteiger partial charge in [0.15, 0.2) is 17.5 Å². The molecule has 5 nitrogen and oxygen atoms in total. The van der Waals surface area contributed by atoms with Crippen molar-refractivity contribution < 1.29 is 4.42 Å². The third kappa shape index (κ3) is 5.46. The Kier molecular flexibility index (Phi) is 7.58. The fourth-order valence-electron chi connectivity index (χ4n) is 10.1. The summed E-state index contributed by atoms with van der Waals surface area (Å²) in [6, 6.07) is 69.2. The van der Waals surface area contributed by atoms with E-state index in [9.17, 15) is 0 Å². The summed E-state index contributed by atoms with van der Waals surface area (Å²) in [5.41, 5.74) is 15.3. The molecule has 0 bridgehead atoms. The van der Waals surface area contributed by atoms with Gasteiger partial charge in [-0.2, -0.15) is 0 Å². The van der Waals surface area contributed by atoms with Crippen molar-refractivity contribution >= 4 is 54.5 Å². The van der Waals surface area contributed by atoms with Crippen LogP contribution in [0.1, 0.15) is 25.0 Å². The molecule has 13 rings (SSSR count). The van der Waals surface area contributed by atoms with Gasteiger partial charge in [0.25, 0.3) is 0 Å². The number of rotatable bonds is 5. The Morgan fingerprint density at radius 2 is 1.02 bits per heavy atom. The van der Waals surface area contributed by atoms with Crippen molar-refractivity contribution in [3.05, 3.63) is 205 Å². The van der Waals surface area contributed by atoms with Gasteiger partial charge >= 0.3 is 0 Å². The molecule has 0 radical (unpaired) electrons. The predicted molar refractivity (Wildman–Crippen MR) is 258 cm³/mol. The number of para-hydroxylation sites is 2. The normalized spacial score (nSPS) is 13.0. The van der Waals surface area contributed by atoms with Crippen molar-refractivity contribution in [2.45, 2.75) is 19.3 Å². The van der Waals surface area contributed by atoms with Crippen LogP contribution in [0.3, 0.4) is 0 Å². The van der Waals surface area contributed by atoms with Gasteiger partial charge in [-0.15, -0.1) is 0 Å². The lowest BCUT2D eigenvalue weighted by Crippen LogP contribution is -2.14. The maximum Gasteiger partial charge on any atom is 0.164 e. The van der Waals surface area contributed by atoms with Gasteiger partial charge < -0.3 is 8.98 Å². The first-order valence-electron chi connectivity index (χ1n) is 21.5. The average Bonchev–Trinajstić information content (AvgIpc) is 3.95. The van der Waals surface area contributed by atoms with Gasteiger partial charge in [-0.1, -0.05) is 159 Å². The number of benzene rings is 9. The topological polar surface area (TPSA) is 56.7 Å². The van der Waals surface area contributed by atoms with E-state index < -0.39 is 0 Å². The molecule has 296 valence electrons. The fraction of sp³-hybridized carbons (Fsp3) is 0.0517. The number of hydrogen-bond donors (Lipinski definition) is 0. The van der Waals surface area contributed by atoms with E-state index in [0.717, 1.165) is 55.3 Å². The quantitative estimate of drug-likeness (QED) is 0.174. The van der Waals surface area contributed by atoms with E-state index in [1.807, 2.05) is 54.6 Å². The molecule has 0 atom stereocenters. The molecule has 5 heteroatoms. The van der Waals surface area contributed by atoms with Crippen LogP contribution in [0.2, 0.25) is 0 Å². The highest BCUT2D eigenvalue weighted by atomic mass is 16.3. The lowest BCUT2D eigenvalue weighted by Gasteiger charge is -2.22. The highest BCUT2D eigenvalue weighted by molar-refractivity contribution is 6.17. The Bertz CT molecular complexity index is 3840. The van der Waals surface area contributed by atoms with Crippen molar-refractivity contribution in [1.29, 1.82) is 0 Å². The summed E-state index contributed by atoms with van der Waals surface area (Å²) >= 11 is 0. The third-order valence-electron chi connectivity index (χ3n) is 13.2. The predicted octanol–water partition coefficient (Wildman–Crippen LogP) is 15.0. The molecule has 0 amide bonds. The average molecular weight is 807 g/mol. The molecule has 0 spiro atoms. The van der Waals surface area contributed by atoms with Crippen LogP contribution in [0.5, 0.6) is 0 Å². The van der Waals surface area contributed by atoms with Gasteiger partial charge in [0.1, 0.15) is 11.2 Å². The van der Waals surface area contributed by atoms with Crippen molar-refractivity contribution in [2.24, 2.45) is 0 Å². The van der Waals surface area contributed by atoms with Crippen LogP contribution >= 0.6 is 0 Å². The molecule has 9 aromatic carbocycles. The summed E-state index contributed by atoms with van der Waals surface area (Å²) in [4.78, 5) is 15.4. The molecule has 12 aromatic rings. The second-order valence-corrected chi connectivity index (χ2v) is 17.2. The minimum absolute atomic E-state index is 0.117. The van der Waals surface area contributed by atoms with Crippen molar-refractivity contribution in [3.8, 4) is 62.1 Å². The molecule has 0 fully saturated rings. The van der Waals surface area contributed by atoms with Gasteiger partial charge in [-0.25, -0.2) is 15.0 Å². The lowest BCUT2D eigenvalue weighted by molar-refractivity contribution is 0.660. The first-order chi connectivity index (χ1) is 31.0. The maximum atomic E-state index is 6.31. The monoisotopic (exact) mass is 806 g/mol. The van der Waals surface area contributed by atoms with E-state index in [1.54, 1.807) is 0 Å². The van der Waals surface area contributed by atoms with Crippen molar-refractivity contribution in [2.75, 3.05) is 0 Å². The van der Waals surface area contributed by atoms with E-state index in [1.165, 1.54) is 54.9 Å². The van der Waals surface area contributed by atoms with Gasteiger partial charge in [0.05, 0.1) is 11.0 Å². The van der Waals surface area contributed by atoms with Crippen LogP contribution in [-0.2, 0) is 5.41 Å². The molecule has 0 N–H and O–H groups in total. The molecular weight excluding hydrogens is 769 g/mol. The second-order valence-electron chi connectivity index (χ2n) is 17.2.